The fourth-order valence-electron chi connectivity index (χ4n) is 7.29. The second-order valence-corrected chi connectivity index (χ2v) is 15.8. The molecule has 3 aliphatic heterocycles. The Hall–Kier alpha value is -5.54. The standard InChI is InChI=1S/C18H24N6O2.C12H19ClN6O.C9H14ClN5/c1-12-10-24(8-7-23(12)11-17(26)20-2)15-9-14(21-22-18(15)19)13-5-3-4-6-16(13)25;1-8-6-19(4-3-18(8)7-11(20)15-2)9-5-10(13)16-17-12(9)14;1-6-5-15(3-2-12-6)7-4-8(10)13-14-9(7)11/h3-6,9,12,25H,7-8,10-11H2,1-2H3,(H2,19,22)(H,20,26);5,8H,3-4,6-7H2,1-2H3,(H2,14,17)(H,15,20);4,6,12H,2-3,5H2,1H3,(H2,11,14)/t12-;8-;6-/m111/s1. The number of para-hydroxylation sites is 1. The van der Waals surface area contributed by atoms with E-state index >= 15 is 0 Å². The summed E-state index contributed by atoms with van der Waals surface area (Å²) in [5.41, 5.74) is 21.4. The molecule has 4 aromatic rings. The molecule has 3 aliphatic rings. The number of benzene rings is 1. The van der Waals surface area contributed by atoms with Crippen LogP contribution in [-0.2, 0) is 9.59 Å². The van der Waals surface area contributed by atoms with E-state index in [9.17, 15) is 14.7 Å². The van der Waals surface area contributed by atoms with Crippen molar-refractivity contribution in [2.75, 3.05) is 118 Å². The minimum atomic E-state index is 0.0113. The van der Waals surface area contributed by atoms with Crippen LogP contribution in [0.2, 0.25) is 10.3 Å². The van der Waals surface area contributed by atoms with Crippen LogP contribution < -0.4 is 47.9 Å². The van der Waals surface area contributed by atoms with Gasteiger partial charge in [0.2, 0.25) is 11.8 Å². The lowest BCUT2D eigenvalue weighted by Gasteiger charge is -2.40. The van der Waals surface area contributed by atoms with Gasteiger partial charge in [-0.25, -0.2) is 0 Å². The number of rotatable bonds is 8. The van der Waals surface area contributed by atoms with Gasteiger partial charge in [0.15, 0.2) is 27.8 Å². The zero-order valence-electron chi connectivity index (χ0n) is 35.2. The Kier molecular flexibility index (Phi) is 16.6. The highest BCUT2D eigenvalue weighted by Crippen LogP contribution is 2.32. The first-order valence-electron chi connectivity index (χ1n) is 20.0. The molecule has 0 spiro atoms. The summed E-state index contributed by atoms with van der Waals surface area (Å²) >= 11 is 11.7. The van der Waals surface area contributed by atoms with E-state index in [4.69, 9.17) is 40.4 Å². The molecular weight excluding hydrogens is 825 g/mol. The molecule has 0 bridgehead atoms. The minimum absolute atomic E-state index is 0.0113. The van der Waals surface area contributed by atoms with E-state index < -0.39 is 0 Å². The van der Waals surface area contributed by atoms with Gasteiger partial charge in [-0.15, -0.1) is 30.6 Å². The lowest BCUT2D eigenvalue weighted by Crippen LogP contribution is -2.54. The first-order valence-corrected chi connectivity index (χ1v) is 20.8. The van der Waals surface area contributed by atoms with Crippen molar-refractivity contribution >= 4 is 69.5 Å². The molecule has 3 aromatic heterocycles. The van der Waals surface area contributed by atoms with Crippen molar-refractivity contribution in [1.82, 2.24) is 56.3 Å². The molecule has 1 aromatic carbocycles. The summed E-state index contributed by atoms with van der Waals surface area (Å²) in [7, 11) is 3.29. The van der Waals surface area contributed by atoms with Crippen LogP contribution in [0.4, 0.5) is 34.5 Å². The summed E-state index contributed by atoms with van der Waals surface area (Å²) in [6, 6.07) is 13.3. The van der Waals surface area contributed by atoms with Crippen LogP contribution in [0.25, 0.3) is 11.3 Å². The number of nitrogens with one attached hydrogen (secondary N) is 3. The molecule has 0 saturated carbocycles. The maximum atomic E-state index is 11.6. The lowest BCUT2D eigenvalue weighted by atomic mass is 10.1. The van der Waals surface area contributed by atoms with Crippen molar-refractivity contribution in [3.63, 3.8) is 0 Å². The molecule has 22 heteroatoms. The average molecular weight is 883 g/mol. The number of nitrogens with zero attached hydrogens (tertiary/aromatic N) is 11. The zero-order valence-corrected chi connectivity index (χ0v) is 36.7. The Bertz CT molecular complexity index is 2100. The Morgan fingerprint density at radius 1 is 0.689 bits per heavy atom. The van der Waals surface area contributed by atoms with E-state index in [1.165, 1.54) is 0 Å². The molecule has 61 heavy (non-hydrogen) atoms. The number of hydrogen-bond donors (Lipinski definition) is 7. The van der Waals surface area contributed by atoms with E-state index in [1.54, 1.807) is 44.4 Å². The molecule has 3 saturated heterocycles. The third kappa shape index (κ3) is 12.7. The molecule has 6 heterocycles. The van der Waals surface area contributed by atoms with Crippen LogP contribution in [0.5, 0.6) is 5.75 Å². The highest BCUT2D eigenvalue weighted by Gasteiger charge is 2.28. The number of aromatic hydroxyl groups is 1. The highest BCUT2D eigenvalue weighted by atomic mass is 35.5. The van der Waals surface area contributed by atoms with Gasteiger partial charge in [-0.05, 0) is 39.0 Å². The number of piperazine rings is 3. The largest absolute Gasteiger partial charge is 0.507 e. The lowest BCUT2D eigenvalue weighted by molar-refractivity contribution is -0.123. The monoisotopic (exact) mass is 881 g/mol. The summed E-state index contributed by atoms with van der Waals surface area (Å²) in [5, 5.41) is 42.7. The van der Waals surface area contributed by atoms with Crippen molar-refractivity contribution in [2.24, 2.45) is 0 Å². The van der Waals surface area contributed by atoms with Gasteiger partial charge in [0.05, 0.1) is 35.8 Å². The zero-order chi connectivity index (χ0) is 44.2. The highest BCUT2D eigenvalue weighted by molar-refractivity contribution is 6.30. The molecule has 10 N–H and O–H groups in total. The molecule has 0 radical (unpaired) electrons. The Labute approximate surface area is 366 Å². The van der Waals surface area contributed by atoms with E-state index in [0.717, 1.165) is 76.0 Å². The Morgan fingerprint density at radius 3 is 1.61 bits per heavy atom. The minimum Gasteiger partial charge on any atom is -0.507 e. The molecule has 20 nitrogen and oxygen atoms in total. The number of nitrogens with two attached hydrogens (primary N) is 3. The molecule has 7 rings (SSSR count). The molecule has 3 fully saturated rings. The number of hydrogen-bond acceptors (Lipinski definition) is 18. The van der Waals surface area contributed by atoms with Crippen LogP contribution in [0.1, 0.15) is 20.8 Å². The Balaban J connectivity index is 0.000000180. The van der Waals surface area contributed by atoms with Gasteiger partial charge in [0.1, 0.15) is 5.75 Å². The molecule has 3 atom stereocenters. The van der Waals surface area contributed by atoms with Crippen molar-refractivity contribution in [2.45, 2.75) is 38.9 Å². The third-order valence-corrected chi connectivity index (χ3v) is 11.1. The maximum absolute atomic E-state index is 11.6. The molecule has 330 valence electrons. The third-order valence-electron chi connectivity index (χ3n) is 10.7. The number of amides is 2. The SMILES string of the molecule is CNC(=O)CN1CCN(c2cc(-c3ccccc3O)nnc2N)C[C@H]1C.CNC(=O)CN1CCN(c2cc(Cl)nnc2N)C[C@H]1C.C[C@@H]1CN(c2cc(Cl)nnc2N)CCN1. The van der Waals surface area contributed by atoms with Gasteiger partial charge < -0.3 is 53.0 Å². The van der Waals surface area contributed by atoms with Gasteiger partial charge in [-0.1, -0.05) is 35.3 Å². The van der Waals surface area contributed by atoms with Crippen molar-refractivity contribution in [3.8, 4) is 17.0 Å². The maximum Gasteiger partial charge on any atom is 0.233 e. The fourth-order valence-corrected chi connectivity index (χ4v) is 7.57. The molecule has 0 unspecified atom stereocenters. The van der Waals surface area contributed by atoms with Gasteiger partial charge in [0, 0.05) is 109 Å². The van der Waals surface area contributed by atoms with Gasteiger partial charge >= 0.3 is 0 Å². The summed E-state index contributed by atoms with van der Waals surface area (Å²) in [6.45, 7) is 14.4. The number of phenols is 1. The number of aromatic nitrogens is 6. The summed E-state index contributed by atoms with van der Waals surface area (Å²) in [4.78, 5) is 33.8. The topological polar surface area (TPSA) is 262 Å². The number of halogens is 2. The van der Waals surface area contributed by atoms with Crippen LogP contribution in [-0.4, -0.2) is 162 Å². The summed E-state index contributed by atoms with van der Waals surface area (Å²) in [5.74, 6) is 1.36. The van der Waals surface area contributed by atoms with Crippen LogP contribution in [0, 0.1) is 0 Å². The number of nitrogen functional groups attached to an aromatic ring is 3. The second-order valence-electron chi connectivity index (χ2n) is 15.1. The first kappa shape index (κ1) is 46.5. The van der Waals surface area contributed by atoms with Crippen LogP contribution in [0.15, 0.2) is 42.5 Å². The van der Waals surface area contributed by atoms with Crippen LogP contribution >= 0.6 is 23.2 Å². The molecule has 2 amide bonds. The first-order chi connectivity index (χ1) is 29.2. The Morgan fingerprint density at radius 2 is 1.15 bits per heavy atom. The molecule has 0 aliphatic carbocycles. The molecular formula is C39H57Cl2N17O3. The van der Waals surface area contributed by atoms with Gasteiger partial charge in [-0.2, -0.15) is 0 Å². The van der Waals surface area contributed by atoms with Crippen molar-refractivity contribution in [1.29, 1.82) is 0 Å². The van der Waals surface area contributed by atoms with E-state index in [1.807, 2.05) is 12.1 Å². The normalized spacial score (nSPS) is 19.5. The average Bonchev–Trinajstić information content (AvgIpc) is 3.25. The predicted octanol–water partition coefficient (Wildman–Crippen LogP) is 1.17. The van der Waals surface area contributed by atoms with Gasteiger partial charge in [-0.3, -0.25) is 19.4 Å². The number of likely N-dealkylation sites (N-methyl/N-ethyl adjacent to an activating group) is 2. The van der Waals surface area contributed by atoms with Crippen molar-refractivity contribution < 1.29 is 14.7 Å². The predicted molar refractivity (Wildman–Crippen MR) is 241 cm³/mol. The number of carbonyl (C=O) groups is 2. The van der Waals surface area contributed by atoms with E-state index in [2.05, 4.69) is 91.8 Å². The summed E-state index contributed by atoms with van der Waals surface area (Å²) < 4.78 is 0. The number of phenolic OH excluding ortho intramolecular Hbond substituents is 1. The number of carbonyl (C=O) groups excluding carboxylic acids is 2. The van der Waals surface area contributed by atoms with E-state index in [0.29, 0.717) is 58.1 Å². The van der Waals surface area contributed by atoms with Crippen molar-refractivity contribution in [3.05, 3.63) is 52.8 Å². The van der Waals surface area contributed by atoms with Crippen LogP contribution in [0.3, 0.4) is 0 Å². The number of anilines is 6. The smallest absolute Gasteiger partial charge is 0.233 e. The van der Waals surface area contributed by atoms with Gasteiger partial charge in [0.25, 0.3) is 0 Å². The quantitative estimate of drug-likeness (QED) is 0.131. The summed E-state index contributed by atoms with van der Waals surface area (Å²) in [6.07, 6.45) is 0. The second kappa shape index (κ2) is 21.8. The van der Waals surface area contributed by atoms with E-state index in [-0.39, 0.29) is 29.6 Å². The fraction of sp³-hybridized carbons (Fsp3) is 0.487.